The Morgan fingerprint density at radius 1 is 1.19 bits per heavy atom. The van der Waals surface area contributed by atoms with Crippen LogP contribution < -0.4 is 10.1 Å². The van der Waals surface area contributed by atoms with E-state index in [0.717, 1.165) is 6.07 Å². The SMILES string of the molecule is CC[C@@H]1[C@@H]2CN(C(=O)[C@H](C(C)(C)C)NC(=O)O[C@]3(C)C[C@H]3CCCCC(F)(F)c3cc4ccc(F)cc4nc3O2)[C@@H]1C=O. The third-order valence-electron chi connectivity index (χ3n) is 9.30. The predicted octanol–water partition coefficient (Wildman–Crippen LogP) is 6.14. The lowest BCUT2D eigenvalue weighted by atomic mass is 9.85. The largest absolute Gasteiger partial charge is 0.472 e. The van der Waals surface area contributed by atoms with Crippen molar-refractivity contribution in [1.29, 1.82) is 0 Å². The molecule has 3 heterocycles. The Morgan fingerprint density at radius 2 is 1.93 bits per heavy atom. The van der Waals surface area contributed by atoms with E-state index >= 15 is 8.78 Å². The number of aromatic nitrogens is 1. The quantitative estimate of drug-likeness (QED) is 0.414. The zero-order chi connectivity index (χ0) is 31.3. The number of benzene rings is 1. The molecule has 5 rings (SSSR count). The second kappa shape index (κ2) is 11.3. The number of nitrogens with zero attached hydrogens (tertiary/aromatic N) is 2. The van der Waals surface area contributed by atoms with E-state index in [4.69, 9.17) is 9.47 Å². The average molecular weight is 604 g/mol. The molecule has 234 valence electrons. The summed E-state index contributed by atoms with van der Waals surface area (Å²) in [5, 5.41) is 3.10. The zero-order valence-corrected chi connectivity index (χ0v) is 25.3. The van der Waals surface area contributed by atoms with Crippen LogP contribution in [-0.2, 0) is 20.2 Å². The van der Waals surface area contributed by atoms with Crippen LogP contribution in [0.1, 0.15) is 78.7 Å². The number of hydrogen-bond acceptors (Lipinski definition) is 6. The van der Waals surface area contributed by atoms with Crippen LogP contribution in [0.15, 0.2) is 24.3 Å². The molecule has 8 nitrogen and oxygen atoms in total. The van der Waals surface area contributed by atoms with Crippen LogP contribution in [0.3, 0.4) is 0 Å². The van der Waals surface area contributed by atoms with Gasteiger partial charge in [0.05, 0.1) is 23.7 Å². The number of pyridine rings is 1. The first-order valence-corrected chi connectivity index (χ1v) is 15.1. The van der Waals surface area contributed by atoms with Crippen molar-refractivity contribution in [2.24, 2.45) is 17.3 Å². The molecule has 2 aromatic rings. The van der Waals surface area contributed by atoms with E-state index in [0.29, 0.717) is 37.4 Å². The van der Waals surface area contributed by atoms with Crippen LogP contribution in [-0.4, -0.2) is 58.5 Å². The van der Waals surface area contributed by atoms with Gasteiger partial charge in [-0.2, -0.15) is 0 Å². The van der Waals surface area contributed by atoms with Crippen LogP contribution in [0.2, 0.25) is 0 Å². The number of fused-ring (bicyclic) bond motifs is 5. The fourth-order valence-electron chi connectivity index (χ4n) is 6.57. The highest BCUT2D eigenvalue weighted by atomic mass is 19.3. The first-order chi connectivity index (χ1) is 20.2. The monoisotopic (exact) mass is 603 g/mol. The van der Waals surface area contributed by atoms with Gasteiger partial charge in [-0.25, -0.2) is 22.9 Å². The van der Waals surface area contributed by atoms with Crippen LogP contribution in [0.5, 0.6) is 5.88 Å². The summed E-state index contributed by atoms with van der Waals surface area (Å²) < 4.78 is 57.8. The van der Waals surface area contributed by atoms with Crippen LogP contribution in [0.4, 0.5) is 18.0 Å². The number of amides is 2. The molecule has 0 spiro atoms. The normalized spacial score (nSPS) is 31.5. The molecule has 6 atom stereocenters. The molecule has 0 unspecified atom stereocenters. The Labute approximate surface area is 249 Å². The van der Waals surface area contributed by atoms with Gasteiger partial charge in [-0.3, -0.25) is 4.79 Å². The Morgan fingerprint density at radius 3 is 2.60 bits per heavy atom. The standard InChI is InChI=1S/C32H40F3N3O5/c1-6-21-24(17-39)38-16-25(21)42-27-22(13-18-10-11-20(33)14-23(18)36-27)32(34,35)12-8-7-9-19-15-31(19,5)43-29(41)37-26(28(38)40)30(2,3)4/h10-11,13-14,17,19,21,24-26H,6-9,12,15-16H2,1-5H3,(H,37,41)/t19-,21+,24-,25+,26-,31-/m1/s1. The molecule has 1 aromatic carbocycles. The third kappa shape index (κ3) is 6.17. The molecule has 0 radical (unpaired) electrons. The number of carbonyl (C=O) groups excluding carboxylic acids is 3. The molecule has 1 aliphatic carbocycles. The highest BCUT2D eigenvalue weighted by Gasteiger charge is 2.54. The summed E-state index contributed by atoms with van der Waals surface area (Å²) in [6, 6.07) is 3.10. The Hall–Kier alpha value is -3.37. The first-order valence-electron chi connectivity index (χ1n) is 15.1. The van der Waals surface area contributed by atoms with Crippen molar-refractivity contribution in [3.05, 3.63) is 35.6 Å². The van der Waals surface area contributed by atoms with Gasteiger partial charge >= 0.3 is 6.09 Å². The molecular weight excluding hydrogens is 563 g/mol. The summed E-state index contributed by atoms with van der Waals surface area (Å²) in [6.07, 6.45) is 0.950. The zero-order valence-electron chi connectivity index (χ0n) is 25.3. The van der Waals surface area contributed by atoms with Gasteiger partial charge in [-0.05, 0) is 56.2 Å². The maximum absolute atomic E-state index is 15.9. The van der Waals surface area contributed by atoms with Crippen molar-refractivity contribution in [3.63, 3.8) is 0 Å². The van der Waals surface area contributed by atoms with E-state index < -0.39 is 70.8 Å². The molecule has 3 aliphatic rings. The van der Waals surface area contributed by atoms with E-state index in [1.807, 2.05) is 13.8 Å². The van der Waals surface area contributed by atoms with E-state index in [-0.39, 0.29) is 30.3 Å². The maximum Gasteiger partial charge on any atom is 0.408 e. The van der Waals surface area contributed by atoms with E-state index in [2.05, 4.69) is 10.3 Å². The van der Waals surface area contributed by atoms with E-state index in [9.17, 15) is 18.8 Å². The van der Waals surface area contributed by atoms with Gasteiger partial charge in [0.15, 0.2) is 0 Å². The Balaban J connectivity index is 1.58. The third-order valence-corrected chi connectivity index (χ3v) is 9.30. The maximum atomic E-state index is 15.9. The van der Waals surface area contributed by atoms with E-state index in [1.54, 1.807) is 20.8 Å². The van der Waals surface area contributed by atoms with Gasteiger partial charge in [0.1, 0.15) is 29.9 Å². The molecule has 2 amide bonds. The summed E-state index contributed by atoms with van der Waals surface area (Å²) >= 11 is 0. The molecule has 11 heteroatoms. The van der Waals surface area contributed by atoms with Crippen LogP contribution in [0, 0.1) is 23.1 Å². The molecule has 2 aliphatic heterocycles. The molecule has 2 fully saturated rings. The Kier molecular flexibility index (Phi) is 8.15. The van der Waals surface area contributed by atoms with Gasteiger partial charge in [0, 0.05) is 29.7 Å². The van der Waals surface area contributed by atoms with Crippen molar-refractivity contribution in [1.82, 2.24) is 15.2 Å². The summed E-state index contributed by atoms with van der Waals surface area (Å²) in [7, 11) is 0. The summed E-state index contributed by atoms with van der Waals surface area (Å²) in [4.78, 5) is 45.1. The number of hydrogen-bond donors (Lipinski definition) is 1. The number of alkyl carbamates (subject to hydrolysis) is 1. The van der Waals surface area contributed by atoms with Gasteiger partial charge < -0.3 is 24.5 Å². The number of ether oxygens (including phenoxy) is 2. The van der Waals surface area contributed by atoms with Crippen molar-refractivity contribution in [2.75, 3.05) is 6.54 Å². The molecule has 1 N–H and O–H groups in total. The number of halogens is 3. The van der Waals surface area contributed by atoms with Gasteiger partial charge in [-0.1, -0.05) is 34.1 Å². The lowest BCUT2D eigenvalue weighted by Crippen LogP contribution is -2.56. The van der Waals surface area contributed by atoms with Crippen LogP contribution in [0.25, 0.3) is 10.9 Å². The minimum atomic E-state index is -3.31. The van der Waals surface area contributed by atoms with Crippen molar-refractivity contribution < 1.29 is 37.0 Å². The fraction of sp³-hybridized carbons (Fsp3) is 0.625. The molecule has 1 saturated heterocycles. The minimum Gasteiger partial charge on any atom is -0.472 e. The number of alkyl halides is 2. The first kappa shape index (κ1) is 31.1. The summed E-state index contributed by atoms with van der Waals surface area (Å²) in [5.74, 6) is -5.22. The predicted molar refractivity (Wildman–Crippen MR) is 153 cm³/mol. The highest BCUT2D eigenvalue weighted by Crippen LogP contribution is 2.50. The van der Waals surface area contributed by atoms with Crippen molar-refractivity contribution in [2.45, 2.75) is 103 Å². The second-order valence-electron chi connectivity index (χ2n) is 13.5. The molecule has 1 aromatic heterocycles. The number of carbonyl (C=O) groups is 3. The van der Waals surface area contributed by atoms with Crippen LogP contribution >= 0.6 is 0 Å². The molecular formula is C32H40F3N3O5. The highest BCUT2D eigenvalue weighted by molar-refractivity contribution is 5.89. The van der Waals surface area contributed by atoms with Gasteiger partial charge in [-0.15, -0.1) is 0 Å². The Bertz CT molecular complexity index is 1410. The number of rotatable bonds is 2. The fourth-order valence-corrected chi connectivity index (χ4v) is 6.57. The lowest BCUT2D eigenvalue weighted by molar-refractivity contribution is -0.139. The summed E-state index contributed by atoms with van der Waals surface area (Å²) in [5.41, 5.74) is -1.73. The summed E-state index contributed by atoms with van der Waals surface area (Å²) in [6.45, 7) is 8.94. The minimum absolute atomic E-state index is 0.0229. The second-order valence-corrected chi connectivity index (χ2v) is 13.5. The molecule has 1 saturated carbocycles. The molecule has 2 bridgehead atoms. The smallest absolute Gasteiger partial charge is 0.408 e. The average Bonchev–Trinajstić information content (AvgIpc) is 3.41. The topological polar surface area (TPSA) is 97.8 Å². The molecule has 43 heavy (non-hydrogen) atoms. The van der Waals surface area contributed by atoms with Gasteiger partial charge in [0.2, 0.25) is 11.8 Å². The number of nitrogens with one attached hydrogen (secondary N) is 1. The van der Waals surface area contributed by atoms with E-state index in [1.165, 1.54) is 23.1 Å². The van der Waals surface area contributed by atoms with Crippen molar-refractivity contribution >= 4 is 29.2 Å². The van der Waals surface area contributed by atoms with Gasteiger partial charge in [0.25, 0.3) is 5.92 Å². The van der Waals surface area contributed by atoms with Crippen molar-refractivity contribution in [3.8, 4) is 5.88 Å². The lowest BCUT2D eigenvalue weighted by Gasteiger charge is -2.35. The number of aldehydes is 1.